The molecule has 1 aromatic heterocycles. The van der Waals surface area contributed by atoms with Crippen molar-refractivity contribution in [1.82, 2.24) is 9.45 Å². The van der Waals surface area contributed by atoms with Gasteiger partial charge in [0.25, 0.3) is 0 Å². The van der Waals surface area contributed by atoms with Gasteiger partial charge in [-0.15, -0.1) is 0 Å². The zero-order valence-corrected chi connectivity index (χ0v) is 13.2. The molecule has 3 nitrogen and oxygen atoms in total. The third-order valence-electron chi connectivity index (χ3n) is 3.93. The molecule has 0 spiro atoms. The Labute approximate surface area is 106 Å². The Morgan fingerprint density at radius 2 is 1.65 bits per heavy atom. The molecule has 0 unspecified atom stereocenters. The summed E-state index contributed by atoms with van der Waals surface area (Å²) in [6.45, 7) is 13.4. The van der Waals surface area contributed by atoms with Gasteiger partial charge in [0, 0.05) is 11.5 Å². The molecule has 17 heavy (non-hydrogen) atoms. The van der Waals surface area contributed by atoms with Crippen molar-refractivity contribution >= 4 is 14.1 Å². The van der Waals surface area contributed by atoms with E-state index in [9.17, 15) is 0 Å². The second-order valence-corrected chi connectivity index (χ2v) is 10.9. The number of nitrogen functional groups attached to an aromatic ring is 1. The molecule has 0 aliphatic heterocycles. The van der Waals surface area contributed by atoms with Crippen LogP contribution in [0.2, 0.25) is 18.1 Å². The highest BCUT2D eigenvalue weighted by Gasteiger charge is 2.33. The zero-order valence-electron chi connectivity index (χ0n) is 12.2. The molecule has 0 aliphatic carbocycles. The SMILES string of the molecule is CC[Si](CC)(CC)n1nc(C(C)(C)C)cc1N. The lowest BCUT2D eigenvalue weighted by Crippen LogP contribution is -2.43. The molecular formula is C13H27N3Si. The fraction of sp³-hybridized carbons (Fsp3) is 0.769. The largest absolute Gasteiger partial charge is 0.385 e. The van der Waals surface area contributed by atoms with Crippen molar-refractivity contribution in [2.24, 2.45) is 0 Å². The van der Waals surface area contributed by atoms with Crippen LogP contribution in [0.1, 0.15) is 47.2 Å². The lowest BCUT2D eigenvalue weighted by molar-refractivity contribution is 0.562. The second-order valence-electron chi connectivity index (χ2n) is 5.90. The van der Waals surface area contributed by atoms with Crippen molar-refractivity contribution in [2.75, 3.05) is 5.73 Å². The molecule has 1 rings (SSSR count). The third-order valence-corrected chi connectivity index (χ3v) is 9.13. The van der Waals surface area contributed by atoms with Crippen molar-refractivity contribution in [2.45, 2.75) is 65.1 Å². The van der Waals surface area contributed by atoms with E-state index in [-0.39, 0.29) is 5.41 Å². The van der Waals surface area contributed by atoms with Gasteiger partial charge in [-0.25, -0.2) is 0 Å². The molecule has 0 saturated carbocycles. The third kappa shape index (κ3) is 2.57. The van der Waals surface area contributed by atoms with Gasteiger partial charge >= 0.3 is 0 Å². The number of aromatic nitrogens is 2. The first kappa shape index (κ1) is 14.3. The molecule has 0 fully saturated rings. The molecule has 0 amide bonds. The van der Waals surface area contributed by atoms with E-state index in [1.54, 1.807) is 0 Å². The van der Waals surface area contributed by atoms with Gasteiger partial charge in [0.15, 0.2) is 8.24 Å². The summed E-state index contributed by atoms with van der Waals surface area (Å²) in [6.07, 6.45) is 0. The predicted octanol–water partition coefficient (Wildman–Crippen LogP) is 3.62. The maximum atomic E-state index is 6.19. The van der Waals surface area contributed by atoms with E-state index in [1.807, 2.05) is 0 Å². The molecule has 1 aromatic rings. The summed E-state index contributed by atoms with van der Waals surface area (Å²) < 4.78 is 2.19. The molecule has 2 N–H and O–H groups in total. The van der Waals surface area contributed by atoms with Crippen LogP contribution >= 0.6 is 0 Å². The topological polar surface area (TPSA) is 43.8 Å². The highest BCUT2D eigenvalue weighted by Crippen LogP contribution is 2.29. The normalized spacial score (nSPS) is 13.1. The number of hydrogen-bond acceptors (Lipinski definition) is 2. The number of hydrogen-bond donors (Lipinski definition) is 1. The van der Waals surface area contributed by atoms with Gasteiger partial charge in [-0.3, -0.25) is 4.35 Å². The summed E-state index contributed by atoms with van der Waals surface area (Å²) in [5.41, 5.74) is 7.38. The van der Waals surface area contributed by atoms with E-state index < -0.39 is 8.24 Å². The molecule has 0 atom stereocenters. The number of rotatable bonds is 4. The van der Waals surface area contributed by atoms with Crippen molar-refractivity contribution in [1.29, 1.82) is 0 Å². The van der Waals surface area contributed by atoms with Crippen LogP contribution in [0, 0.1) is 0 Å². The quantitative estimate of drug-likeness (QED) is 0.833. The summed E-state index contributed by atoms with van der Waals surface area (Å²) in [7, 11) is -1.52. The highest BCUT2D eigenvalue weighted by atomic mass is 28.3. The maximum absolute atomic E-state index is 6.19. The summed E-state index contributed by atoms with van der Waals surface area (Å²) >= 11 is 0. The highest BCUT2D eigenvalue weighted by molar-refractivity contribution is 6.78. The van der Waals surface area contributed by atoms with Crippen LogP contribution in [-0.2, 0) is 5.41 Å². The lowest BCUT2D eigenvalue weighted by atomic mass is 9.92. The van der Waals surface area contributed by atoms with Gasteiger partial charge < -0.3 is 5.73 Å². The predicted molar refractivity (Wildman–Crippen MR) is 77.9 cm³/mol. The second kappa shape index (κ2) is 4.84. The molecule has 0 aromatic carbocycles. The van der Waals surface area contributed by atoms with Gasteiger partial charge in [-0.2, -0.15) is 5.10 Å². The minimum atomic E-state index is -1.52. The van der Waals surface area contributed by atoms with Crippen LogP contribution in [0.25, 0.3) is 0 Å². The van der Waals surface area contributed by atoms with Crippen LogP contribution in [0.15, 0.2) is 6.07 Å². The smallest absolute Gasteiger partial charge is 0.187 e. The van der Waals surface area contributed by atoms with E-state index in [2.05, 4.69) is 52.0 Å². The van der Waals surface area contributed by atoms with Crippen molar-refractivity contribution in [3.63, 3.8) is 0 Å². The Hall–Kier alpha value is -0.773. The van der Waals surface area contributed by atoms with E-state index >= 15 is 0 Å². The molecule has 98 valence electrons. The van der Waals surface area contributed by atoms with Crippen LogP contribution in [0.3, 0.4) is 0 Å². The molecule has 0 aliphatic rings. The fourth-order valence-electron chi connectivity index (χ4n) is 2.34. The summed E-state index contributed by atoms with van der Waals surface area (Å²) in [6, 6.07) is 5.67. The summed E-state index contributed by atoms with van der Waals surface area (Å²) in [5.74, 6) is 0.854. The fourth-order valence-corrected chi connectivity index (χ4v) is 5.67. The van der Waals surface area contributed by atoms with E-state index in [0.29, 0.717) is 0 Å². The maximum Gasteiger partial charge on any atom is 0.187 e. The van der Waals surface area contributed by atoms with E-state index in [0.717, 1.165) is 11.5 Å². The first-order chi connectivity index (χ1) is 7.80. The lowest BCUT2D eigenvalue weighted by Gasteiger charge is -2.29. The Morgan fingerprint density at radius 1 is 1.18 bits per heavy atom. The summed E-state index contributed by atoms with van der Waals surface area (Å²) in [5, 5.41) is 4.82. The number of nitrogens with two attached hydrogens (primary N) is 1. The first-order valence-corrected chi connectivity index (χ1v) is 9.24. The van der Waals surface area contributed by atoms with Crippen LogP contribution in [0.5, 0.6) is 0 Å². The Morgan fingerprint density at radius 3 is 1.94 bits per heavy atom. The van der Waals surface area contributed by atoms with E-state index in [1.165, 1.54) is 18.1 Å². The minimum absolute atomic E-state index is 0.0781. The van der Waals surface area contributed by atoms with Gasteiger partial charge in [-0.05, 0) is 18.1 Å². The number of nitrogens with zero attached hydrogens (tertiary/aromatic N) is 2. The van der Waals surface area contributed by atoms with Gasteiger partial charge in [-0.1, -0.05) is 41.5 Å². The van der Waals surface area contributed by atoms with Crippen molar-refractivity contribution in [3.8, 4) is 0 Å². The zero-order chi connectivity index (χ0) is 13.3. The number of anilines is 1. The minimum Gasteiger partial charge on any atom is -0.385 e. The monoisotopic (exact) mass is 253 g/mol. The molecule has 4 heteroatoms. The summed E-state index contributed by atoms with van der Waals surface area (Å²) in [4.78, 5) is 0. The van der Waals surface area contributed by atoms with Crippen LogP contribution in [0.4, 0.5) is 5.82 Å². The molecule has 0 radical (unpaired) electrons. The Kier molecular flexibility index (Phi) is 4.07. The molecular weight excluding hydrogens is 226 g/mol. The van der Waals surface area contributed by atoms with Crippen LogP contribution in [-0.4, -0.2) is 17.7 Å². The first-order valence-electron chi connectivity index (χ1n) is 6.67. The average molecular weight is 253 g/mol. The average Bonchev–Trinajstić information content (AvgIpc) is 2.65. The van der Waals surface area contributed by atoms with Gasteiger partial charge in [0.2, 0.25) is 0 Å². The van der Waals surface area contributed by atoms with Crippen molar-refractivity contribution in [3.05, 3.63) is 11.8 Å². The van der Waals surface area contributed by atoms with E-state index in [4.69, 9.17) is 10.8 Å². The Balaban J connectivity index is 3.27. The van der Waals surface area contributed by atoms with Crippen LogP contribution < -0.4 is 5.73 Å². The molecule has 1 heterocycles. The van der Waals surface area contributed by atoms with Crippen molar-refractivity contribution < 1.29 is 0 Å². The molecule has 0 saturated heterocycles. The van der Waals surface area contributed by atoms with Gasteiger partial charge in [0.1, 0.15) is 5.82 Å². The Bertz CT molecular complexity index is 364. The standard InChI is InChI=1S/C13H27N3Si/c1-7-17(8-2,9-3)16-12(14)10-11(15-16)13(4,5)6/h10H,7-9,14H2,1-6H3. The van der Waals surface area contributed by atoms with Gasteiger partial charge in [0.05, 0.1) is 5.69 Å². The molecule has 0 bridgehead atoms.